The molecule has 5 heteroatoms. The molecular weight excluding hydrogens is 266 g/mol. The van der Waals surface area contributed by atoms with Crippen molar-refractivity contribution in [1.29, 1.82) is 0 Å². The minimum Gasteiger partial charge on any atom is -0.491 e. The van der Waals surface area contributed by atoms with Crippen molar-refractivity contribution in [3.63, 3.8) is 0 Å². The highest BCUT2D eigenvalue weighted by Gasteiger charge is 2.39. The average molecular weight is 291 g/mol. The fourth-order valence-electron chi connectivity index (χ4n) is 2.72. The molecule has 0 aromatic heterocycles. The molecule has 0 bridgehead atoms. The van der Waals surface area contributed by atoms with E-state index < -0.39 is 5.54 Å². The van der Waals surface area contributed by atoms with Crippen LogP contribution in [-0.2, 0) is 10.3 Å². The first-order valence-electron chi connectivity index (χ1n) is 7.47. The summed E-state index contributed by atoms with van der Waals surface area (Å²) in [7, 11) is 0. The summed E-state index contributed by atoms with van der Waals surface area (Å²) in [5.74, 6) is 0.489. The number of carbonyl (C=O) groups excluding carboxylic acids is 1. The summed E-state index contributed by atoms with van der Waals surface area (Å²) in [6.07, 6.45) is 0.131. The second kappa shape index (κ2) is 6.45. The van der Waals surface area contributed by atoms with Crippen molar-refractivity contribution in [3.8, 4) is 5.75 Å². The highest BCUT2D eigenvalue weighted by Crippen LogP contribution is 2.30. The number of hydrogen-bond donors (Lipinski definition) is 2. The van der Waals surface area contributed by atoms with Crippen LogP contribution < -0.4 is 15.8 Å². The summed E-state index contributed by atoms with van der Waals surface area (Å²) in [5, 5.41) is 3.29. The molecule has 1 atom stereocenters. The van der Waals surface area contributed by atoms with Gasteiger partial charge in [-0.1, -0.05) is 12.1 Å². The molecule has 2 rings (SSSR count). The Morgan fingerprint density at radius 3 is 2.33 bits per heavy atom. The van der Waals surface area contributed by atoms with Gasteiger partial charge in [-0.25, -0.2) is 0 Å². The fourth-order valence-corrected chi connectivity index (χ4v) is 2.72. The Labute approximate surface area is 126 Å². The lowest BCUT2D eigenvalue weighted by Gasteiger charge is -2.41. The Balaban J connectivity index is 2.27. The van der Waals surface area contributed by atoms with Gasteiger partial charge in [0.15, 0.2) is 0 Å². The number of nitrogens with zero attached hydrogens (tertiary/aromatic N) is 1. The minimum atomic E-state index is -0.779. The van der Waals surface area contributed by atoms with E-state index in [2.05, 4.69) is 10.2 Å². The number of hydrogen-bond acceptors (Lipinski definition) is 4. The third kappa shape index (κ3) is 3.36. The van der Waals surface area contributed by atoms with Crippen LogP contribution in [0.1, 0.15) is 26.3 Å². The van der Waals surface area contributed by atoms with Crippen molar-refractivity contribution in [2.45, 2.75) is 32.4 Å². The minimum absolute atomic E-state index is 0.131. The van der Waals surface area contributed by atoms with E-state index in [0.29, 0.717) is 0 Å². The first-order chi connectivity index (χ1) is 9.94. The quantitative estimate of drug-likeness (QED) is 0.852. The topological polar surface area (TPSA) is 67.6 Å². The SMILES string of the molecule is CC(C)Oc1ccc(C(C)(C(N)=O)N2CCNCC2)cc1. The molecule has 21 heavy (non-hydrogen) atoms. The smallest absolute Gasteiger partial charge is 0.242 e. The van der Waals surface area contributed by atoms with E-state index in [1.165, 1.54) is 0 Å². The van der Waals surface area contributed by atoms with Crippen molar-refractivity contribution in [2.24, 2.45) is 5.73 Å². The molecule has 1 unspecified atom stereocenters. The van der Waals surface area contributed by atoms with E-state index in [-0.39, 0.29) is 12.0 Å². The van der Waals surface area contributed by atoms with Crippen LogP contribution in [0.4, 0.5) is 0 Å². The molecule has 1 saturated heterocycles. The molecule has 1 fully saturated rings. The summed E-state index contributed by atoms with van der Waals surface area (Å²) < 4.78 is 5.65. The molecule has 0 spiro atoms. The third-order valence-electron chi connectivity index (χ3n) is 4.02. The zero-order valence-electron chi connectivity index (χ0n) is 13.1. The average Bonchev–Trinajstić information content (AvgIpc) is 2.47. The Morgan fingerprint density at radius 2 is 1.86 bits per heavy atom. The normalized spacial score (nSPS) is 19.2. The maximum atomic E-state index is 12.1. The van der Waals surface area contributed by atoms with Crippen LogP contribution in [0.2, 0.25) is 0 Å². The van der Waals surface area contributed by atoms with Crippen molar-refractivity contribution in [1.82, 2.24) is 10.2 Å². The largest absolute Gasteiger partial charge is 0.491 e. The molecule has 1 aliphatic heterocycles. The number of nitrogens with two attached hydrogens (primary N) is 1. The Kier molecular flexibility index (Phi) is 4.85. The van der Waals surface area contributed by atoms with Crippen molar-refractivity contribution in [3.05, 3.63) is 29.8 Å². The van der Waals surface area contributed by atoms with Gasteiger partial charge < -0.3 is 15.8 Å². The van der Waals surface area contributed by atoms with Crippen molar-refractivity contribution < 1.29 is 9.53 Å². The molecular formula is C16H25N3O2. The molecule has 1 aromatic carbocycles. The maximum absolute atomic E-state index is 12.1. The lowest BCUT2D eigenvalue weighted by atomic mass is 9.88. The van der Waals surface area contributed by atoms with Crippen LogP contribution in [0, 0.1) is 0 Å². The van der Waals surface area contributed by atoms with Gasteiger partial charge in [-0.2, -0.15) is 0 Å². The maximum Gasteiger partial charge on any atom is 0.242 e. The van der Waals surface area contributed by atoms with Gasteiger partial charge in [0.2, 0.25) is 5.91 Å². The Morgan fingerprint density at radius 1 is 1.29 bits per heavy atom. The van der Waals surface area contributed by atoms with Crippen LogP contribution in [0.25, 0.3) is 0 Å². The van der Waals surface area contributed by atoms with Crippen molar-refractivity contribution in [2.75, 3.05) is 26.2 Å². The molecule has 1 aromatic rings. The molecule has 0 radical (unpaired) electrons. The van der Waals surface area contributed by atoms with E-state index in [9.17, 15) is 4.79 Å². The molecule has 0 saturated carbocycles. The number of rotatable bonds is 5. The standard InChI is InChI=1S/C16H25N3O2/c1-12(2)21-14-6-4-13(5-7-14)16(3,15(17)20)19-10-8-18-9-11-19/h4-7,12,18H,8-11H2,1-3H3,(H2,17,20). The zero-order chi connectivity index (χ0) is 15.5. The molecule has 116 valence electrons. The molecule has 1 amide bonds. The summed E-state index contributed by atoms with van der Waals surface area (Å²) in [6, 6.07) is 7.67. The predicted octanol–water partition coefficient (Wildman–Crippen LogP) is 1.08. The van der Waals surface area contributed by atoms with E-state index in [1.807, 2.05) is 45.0 Å². The number of nitrogens with one attached hydrogen (secondary N) is 1. The van der Waals surface area contributed by atoms with Gasteiger partial charge in [0, 0.05) is 26.2 Å². The van der Waals surface area contributed by atoms with Gasteiger partial charge in [-0.3, -0.25) is 9.69 Å². The lowest BCUT2D eigenvalue weighted by Crippen LogP contribution is -2.58. The number of piperazine rings is 1. The van der Waals surface area contributed by atoms with Gasteiger partial charge in [-0.15, -0.1) is 0 Å². The molecule has 1 heterocycles. The van der Waals surface area contributed by atoms with Crippen LogP contribution >= 0.6 is 0 Å². The van der Waals surface area contributed by atoms with Crippen LogP contribution in [0.5, 0.6) is 5.75 Å². The number of benzene rings is 1. The molecule has 1 aliphatic rings. The lowest BCUT2D eigenvalue weighted by molar-refractivity contribution is -0.130. The van der Waals surface area contributed by atoms with E-state index >= 15 is 0 Å². The number of carbonyl (C=O) groups is 1. The Bertz CT molecular complexity index is 481. The summed E-state index contributed by atoms with van der Waals surface area (Å²) >= 11 is 0. The van der Waals surface area contributed by atoms with Crippen molar-refractivity contribution >= 4 is 5.91 Å². The van der Waals surface area contributed by atoms with Crippen LogP contribution in [0.15, 0.2) is 24.3 Å². The fraction of sp³-hybridized carbons (Fsp3) is 0.562. The van der Waals surface area contributed by atoms with Gasteiger partial charge in [-0.05, 0) is 38.5 Å². The highest BCUT2D eigenvalue weighted by molar-refractivity contribution is 5.85. The second-order valence-corrected chi connectivity index (χ2v) is 5.86. The van der Waals surface area contributed by atoms with E-state index in [0.717, 1.165) is 37.5 Å². The predicted molar refractivity (Wildman–Crippen MR) is 83.2 cm³/mol. The summed E-state index contributed by atoms with van der Waals surface area (Å²) in [4.78, 5) is 14.3. The van der Waals surface area contributed by atoms with Crippen LogP contribution in [0.3, 0.4) is 0 Å². The van der Waals surface area contributed by atoms with Gasteiger partial charge in [0.05, 0.1) is 6.10 Å². The monoisotopic (exact) mass is 291 g/mol. The molecule has 0 aliphatic carbocycles. The zero-order valence-corrected chi connectivity index (χ0v) is 13.1. The van der Waals surface area contributed by atoms with E-state index in [1.54, 1.807) is 0 Å². The van der Waals surface area contributed by atoms with Gasteiger partial charge in [0.25, 0.3) is 0 Å². The third-order valence-corrected chi connectivity index (χ3v) is 4.02. The van der Waals surface area contributed by atoms with Gasteiger partial charge >= 0.3 is 0 Å². The Hall–Kier alpha value is -1.59. The van der Waals surface area contributed by atoms with Crippen LogP contribution in [-0.4, -0.2) is 43.1 Å². The molecule has 5 nitrogen and oxygen atoms in total. The van der Waals surface area contributed by atoms with E-state index in [4.69, 9.17) is 10.5 Å². The first-order valence-corrected chi connectivity index (χ1v) is 7.47. The molecule has 3 N–H and O–H groups in total. The summed E-state index contributed by atoms with van der Waals surface area (Å²) in [6.45, 7) is 9.24. The first kappa shape index (κ1) is 15.8. The highest BCUT2D eigenvalue weighted by atomic mass is 16.5. The summed E-state index contributed by atoms with van der Waals surface area (Å²) in [5.41, 5.74) is 5.85. The number of primary amides is 1. The second-order valence-electron chi connectivity index (χ2n) is 5.86. The number of amides is 1. The number of ether oxygens (including phenoxy) is 1. The van der Waals surface area contributed by atoms with Gasteiger partial charge in [0.1, 0.15) is 11.3 Å².